The van der Waals surface area contributed by atoms with Gasteiger partial charge in [0.25, 0.3) is 0 Å². The lowest BCUT2D eigenvalue weighted by Gasteiger charge is -2.32. The van der Waals surface area contributed by atoms with Crippen molar-refractivity contribution in [3.8, 4) is 0 Å². The molecular formula is C16H23N3OS. The maximum atomic E-state index is 5.49. The van der Waals surface area contributed by atoms with Crippen LogP contribution in [0.3, 0.4) is 0 Å². The Bertz CT molecular complexity index is 590. The fourth-order valence-electron chi connectivity index (χ4n) is 2.80. The maximum absolute atomic E-state index is 5.49. The molecule has 0 bridgehead atoms. The van der Waals surface area contributed by atoms with Crippen LogP contribution in [0.1, 0.15) is 48.7 Å². The summed E-state index contributed by atoms with van der Waals surface area (Å²) in [4.78, 5) is 4.01. The number of fused-ring (bicyclic) bond motifs is 1. The minimum atomic E-state index is 0.460. The largest absolute Gasteiger partial charge is 0.360 e. The minimum absolute atomic E-state index is 0.460. The monoisotopic (exact) mass is 305 g/mol. The second-order valence-electron chi connectivity index (χ2n) is 6.02. The van der Waals surface area contributed by atoms with Gasteiger partial charge in [0.1, 0.15) is 0 Å². The van der Waals surface area contributed by atoms with Gasteiger partial charge in [0.2, 0.25) is 0 Å². The minimum Gasteiger partial charge on any atom is -0.360 e. The van der Waals surface area contributed by atoms with Gasteiger partial charge in [-0.25, -0.2) is 0 Å². The van der Waals surface area contributed by atoms with Crippen LogP contribution in [0.15, 0.2) is 22.0 Å². The SMILES string of the molecule is CC(C)NCc1cc(CN2CCc3sccc3C2C)on1. The lowest BCUT2D eigenvalue weighted by atomic mass is 10.0. The smallest absolute Gasteiger partial charge is 0.151 e. The van der Waals surface area contributed by atoms with Crippen LogP contribution in [-0.4, -0.2) is 22.6 Å². The van der Waals surface area contributed by atoms with E-state index in [0.29, 0.717) is 12.1 Å². The Kier molecular flexibility index (Phi) is 4.42. The number of thiophene rings is 1. The first-order valence-electron chi connectivity index (χ1n) is 7.61. The molecule has 0 amide bonds. The number of nitrogens with zero attached hydrogens (tertiary/aromatic N) is 2. The predicted molar refractivity (Wildman–Crippen MR) is 85.3 cm³/mol. The van der Waals surface area contributed by atoms with E-state index in [0.717, 1.165) is 37.5 Å². The molecule has 114 valence electrons. The Balaban J connectivity index is 1.62. The molecule has 3 heterocycles. The van der Waals surface area contributed by atoms with Crippen molar-refractivity contribution >= 4 is 11.3 Å². The molecule has 3 rings (SSSR count). The van der Waals surface area contributed by atoms with Crippen LogP contribution in [0.5, 0.6) is 0 Å². The molecule has 5 heteroatoms. The summed E-state index contributed by atoms with van der Waals surface area (Å²) in [5, 5.41) is 9.72. The molecule has 0 aliphatic carbocycles. The number of hydrogen-bond donors (Lipinski definition) is 1. The van der Waals surface area contributed by atoms with E-state index in [1.807, 2.05) is 11.3 Å². The molecule has 1 unspecified atom stereocenters. The fourth-order valence-corrected chi connectivity index (χ4v) is 3.76. The molecule has 0 saturated heterocycles. The molecule has 21 heavy (non-hydrogen) atoms. The van der Waals surface area contributed by atoms with Crippen molar-refractivity contribution in [1.82, 2.24) is 15.4 Å². The second kappa shape index (κ2) is 6.30. The van der Waals surface area contributed by atoms with Crippen LogP contribution in [0, 0.1) is 0 Å². The van der Waals surface area contributed by atoms with E-state index in [1.165, 1.54) is 10.4 Å². The Morgan fingerprint density at radius 1 is 1.52 bits per heavy atom. The van der Waals surface area contributed by atoms with Gasteiger partial charge in [-0.1, -0.05) is 19.0 Å². The first-order valence-corrected chi connectivity index (χ1v) is 8.49. The molecule has 4 nitrogen and oxygen atoms in total. The fraction of sp³-hybridized carbons (Fsp3) is 0.562. The normalized spacial score (nSPS) is 19.1. The summed E-state index contributed by atoms with van der Waals surface area (Å²) in [5.74, 6) is 0.959. The highest BCUT2D eigenvalue weighted by atomic mass is 32.1. The Morgan fingerprint density at radius 2 is 2.38 bits per heavy atom. The van der Waals surface area contributed by atoms with Crippen molar-refractivity contribution in [1.29, 1.82) is 0 Å². The average molecular weight is 305 g/mol. The molecule has 0 saturated carbocycles. The molecule has 0 radical (unpaired) electrons. The van der Waals surface area contributed by atoms with E-state index >= 15 is 0 Å². The highest BCUT2D eigenvalue weighted by Gasteiger charge is 2.25. The average Bonchev–Trinajstić information content (AvgIpc) is 3.09. The van der Waals surface area contributed by atoms with Gasteiger partial charge < -0.3 is 9.84 Å². The van der Waals surface area contributed by atoms with Crippen molar-refractivity contribution in [2.45, 2.75) is 52.4 Å². The molecular weight excluding hydrogens is 282 g/mol. The molecule has 2 aromatic heterocycles. The Morgan fingerprint density at radius 3 is 3.19 bits per heavy atom. The topological polar surface area (TPSA) is 41.3 Å². The third-order valence-corrected chi connectivity index (χ3v) is 5.06. The summed E-state index contributed by atoms with van der Waals surface area (Å²) >= 11 is 1.88. The summed E-state index contributed by atoms with van der Waals surface area (Å²) in [5.41, 5.74) is 2.46. The number of nitrogens with one attached hydrogen (secondary N) is 1. The summed E-state index contributed by atoms with van der Waals surface area (Å²) < 4.78 is 5.49. The molecule has 1 N–H and O–H groups in total. The van der Waals surface area contributed by atoms with Crippen LogP contribution >= 0.6 is 11.3 Å². The molecule has 2 aromatic rings. The molecule has 0 fully saturated rings. The highest BCUT2D eigenvalue weighted by molar-refractivity contribution is 7.10. The Hall–Kier alpha value is -1.17. The number of aromatic nitrogens is 1. The van der Waals surface area contributed by atoms with Gasteiger partial charge >= 0.3 is 0 Å². The molecule has 0 spiro atoms. The van der Waals surface area contributed by atoms with Gasteiger partial charge in [0.15, 0.2) is 5.76 Å². The third kappa shape index (κ3) is 3.36. The van der Waals surface area contributed by atoms with E-state index in [2.05, 4.69) is 53.7 Å². The molecule has 0 aromatic carbocycles. The zero-order valence-corrected chi connectivity index (χ0v) is 13.7. The summed E-state index contributed by atoms with van der Waals surface area (Å²) in [6.45, 7) is 9.25. The van der Waals surface area contributed by atoms with Gasteiger partial charge in [0.05, 0.1) is 12.2 Å². The number of hydrogen-bond acceptors (Lipinski definition) is 5. The predicted octanol–water partition coefficient (Wildman–Crippen LogP) is 3.35. The van der Waals surface area contributed by atoms with Gasteiger partial charge in [-0.15, -0.1) is 11.3 Å². The molecule has 1 aliphatic rings. The maximum Gasteiger partial charge on any atom is 0.151 e. The molecule has 1 aliphatic heterocycles. The third-order valence-electron chi connectivity index (χ3n) is 4.06. The second-order valence-corrected chi connectivity index (χ2v) is 7.02. The lowest BCUT2D eigenvalue weighted by molar-refractivity contribution is 0.170. The van der Waals surface area contributed by atoms with Crippen molar-refractivity contribution in [3.63, 3.8) is 0 Å². The lowest BCUT2D eigenvalue weighted by Crippen LogP contribution is -2.32. The van der Waals surface area contributed by atoms with Crippen molar-refractivity contribution in [2.75, 3.05) is 6.54 Å². The summed E-state index contributed by atoms with van der Waals surface area (Å²) in [6, 6.07) is 5.26. The van der Waals surface area contributed by atoms with E-state index in [-0.39, 0.29) is 0 Å². The van der Waals surface area contributed by atoms with Gasteiger partial charge in [-0.3, -0.25) is 4.90 Å². The van der Waals surface area contributed by atoms with Gasteiger partial charge in [0, 0.05) is 36.1 Å². The van der Waals surface area contributed by atoms with E-state index < -0.39 is 0 Å². The Labute approximate surface area is 130 Å². The van der Waals surface area contributed by atoms with Gasteiger partial charge in [-0.2, -0.15) is 0 Å². The summed E-state index contributed by atoms with van der Waals surface area (Å²) in [6.07, 6.45) is 1.15. The first-order chi connectivity index (χ1) is 10.1. The van der Waals surface area contributed by atoms with Crippen LogP contribution < -0.4 is 5.32 Å². The quantitative estimate of drug-likeness (QED) is 0.920. The first kappa shape index (κ1) is 14.8. The highest BCUT2D eigenvalue weighted by Crippen LogP contribution is 2.33. The van der Waals surface area contributed by atoms with E-state index in [4.69, 9.17) is 4.52 Å². The van der Waals surface area contributed by atoms with Crippen molar-refractivity contribution in [3.05, 3.63) is 39.4 Å². The van der Waals surface area contributed by atoms with Crippen LogP contribution in [0.4, 0.5) is 0 Å². The van der Waals surface area contributed by atoms with Crippen LogP contribution in [0.25, 0.3) is 0 Å². The zero-order chi connectivity index (χ0) is 14.8. The van der Waals surface area contributed by atoms with Crippen molar-refractivity contribution < 1.29 is 4.52 Å². The summed E-state index contributed by atoms with van der Waals surface area (Å²) in [7, 11) is 0. The number of rotatable bonds is 5. The molecule has 1 atom stereocenters. The van der Waals surface area contributed by atoms with Crippen LogP contribution in [0.2, 0.25) is 0 Å². The van der Waals surface area contributed by atoms with E-state index in [1.54, 1.807) is 0 Å². The van der Waals surface area contributed by atoms with Crippen molar-refractivity contribution in [2.24, 2.45) is 0 Å². The standard InChI is InChI=1S/C16H23N3OS/c1-11(2)17-9-13-8-14(20-18-13)10-19-6-4-16-15(12(19)3)5-7-21-16/h5,7-8,11-12,17H,4,6,9-10H2,1-3H3. The van der Waals surface area contributed by atoms with Gasteiger partial charge in [-0.05, 0) is 30.4 Å². The van der Waals surface area contributed by atoms with Crippen LogP contribution in [-0.2, 0) is 19.5 Å². The van der Waals surface area contributed by atoms with E-state index in [9.17, 15) is 0 Å². The zero-order valence-electron chi connectivity index (χ0n) is 12.9.